The monoisotopic (exact) mass is 180 g/mol. The van der Waals surface area contributed by atoms with Crippen molar-refractivity contribution in [3.8, 4) is 0 Å². The second-order valence-electron chi connectivity index (χ2n) is 3.31. The molecule has 0 aromatic carbocycles. The summed E-state index contributed by atoms with van der Waals surface area (Å²) in [6, 6.07) is 0. The number of carbonyl (C=O) groups is 1. The number of hydrogen-bond acceptors (Lipinski definition) is 2. The molecule has 0 aromatic rings. The summed E-state index contributed by atoms with van der Waals surface area (Å²) < 4.78 is 4.46. The molecule has 0 bridgehead atoms. The Balaban J connectivity index is 2.23. The van der Waals surface area contributed by atoms with Crippen molar-refractivity contribution >= 4 is 5.97 Å². The number of rotatable bonds is 3. The number of allylic oxidation sites excluding steroid dienone is 3. The molecule has 0 aliphatic heterocycles. The molecule has 2 heteroatoms. The Hall–Kier alpha value is -1.05. The van der Waals surface area contributed by atoms with E-state index in [4.69, 9.17) is 0 Å². The van der Waals surface area contributed by atoms with Crippen LogP contribution < -0.4 is 0 Å². The van der Waals surface area contributed by atoms with Crippen LogP contribution in [0.15, 0.2) is 24.3 Å². The molecule has 0 N–H and O–H groups in total. The number of hydrogen-bond donors (Lipinski definition) is 0. The van der Waals surface area contributed by atoms with E-state index < -0.39 is 0 Å². The maximum Gasteiger partial charge on any atom is 0.330 e. The van der Waals surface area contributed by atoms with Gasteiger partial charge in [0.1, 0.15) is 0 Å². The van der Waals surface area contributed by atoms with E-state index in [0.29, 0.717) is 0 Å². The van der Waals surface area contributed by atoms with E-state index in [9.17, 15) is 4.79 Å². The minimum atomic E-state index is -0.295. The Labute approximate surface area is 79.3 Å². The Kier molecular flexibility index (Phi) is 4.30. The summed E-state index contributed by atoms with van der Waals surface area (Å²) in [6.07, 6.45) is 12.6. The van der Waals surface area contributed by atoms with Crippen molar-refractivity contribution < 1.29 is 9.53 Å². The lowest BCUT2D eigenvalue weighted by Gasteiger charge is -1.97. The highest BCUT2D eigenvalue weighted by Crippen LogP contribution is 2.25. The van der Waals surface area contributed by atoms with Crippen LogP contribution >= 0.6 is 0 Å². The van der Waals surface area contributed by atoms with Crippen LogP contribution in [0, 0.1) is 5.92 Å². The second-order valence-corrected chi connectivity index (χ2v) is 3.31. The van der Waals surface area contributed by atoms with Gasteiger partial charge in [-0.1, -0.05) is 31.1 Å². The molecule has 0 atom stereocenters. The van der Waals surface area contributed by atoms with Crippen molar-refractivity contribution in [2.45, 2.75) is 25.7 Å². The molecule has 0 radical (unpaired) electrons. The molecule has 1 saturated carbocycles. The third-order valence-corrected chi connectivity index (χ3v) is 2.33. The molecule has 72 valence electrons. The maximum absolute atomic E-state index is 10.7. The molecule has 0 amide bonds. The van der Waals surface area contributed by atoms with E-state index in [1.54, 1.807) is 6.08 Å². The number of ether oxygens (including phenoxy) is 1. The highest BCUT2D eigenvalue weighted by atomic mass is 16.5. The van der Waals surface area contributed by atoms with Gasteiger partial charge in [0.15, 0.2) is 0 Å². The zero-order valence-corrected chi connectivity index (χ0v) is 8.03. The predicted molar refractivity (Wildman–Crippen MR) is 52.3 cm³/mol. The first-order valence-corrected chi connectivity index (χ1v) is 4.76. The van der Waals surface area contributed by atoms with Crippen molar-refractivity contribution in [1.82, 2.24) is 0 Å². The van der Waals surface area contributed by atoms with E-state index in [-0.39, 0.29) is 5.97 Å². The van der Waals surface area contributed by atoms with Gasteiger partial charge in [0.2, 0.25) is 0 Å². The molecule has 0 heterocycles. The van der Waals surface area contributed by atoms with Gasteiger partial charge in [-0.2, -0.15) is 0 Å². The third kappa shape index (κ3) is 3.92. The average molecular weight is 180 g/mol. The Morgan fingerprint density at radius 3 is 2.62 bits per heavy atom. The lowest BCUT2D eigenvalue weighted by atomic mass is 10.1. The van der Waals surface area contributed by atoms with Gasteiger partial charge in [-0.05, 0) is 18.8 Å². The van der Waals surface area contributed by atoms with Gasteiger partial charge in [-0.3, -0.25) is 0 Å². The normalized spacial score (nSPS) is 18.8. The summed E-state index contributed by atoms with van der Waals surface area (Å²) in [5.74, 6) is 0.429. The van der Waals surface area contributed by atoms with Gasteiger partial charge in [0, 0.05) is 6.08 Å². The van der Waals surface area contributed by atoms with Crippen molar-refractivity contribution in [3.05, 3.63) is 24.3 Å². The van der Waals surface area contributed by atoms with Gasteiger partial charge in [-0.25, -0.2) is 4.79 Å². The van der Waals surface area contributed by atoms with E-state index in [1.807, 2.05) is 6.08 Å². The Morgan fingerprint density at radius 1 is 1.31 bits per heavy atom. The van der Waals surface area contributed by atoms with Crippen LogP contribution in [0.5, 0.6) is 0 Å². The lowest BCUT2D eigenvalue weighted by molar-refractivity contribution is -0.134. The zero-order valence-electron chi connectivity index (χ0n) is 8.03. The first-order valence-electron chi connectivity index (χ1n) is 4.76. The van der Waals surface area contributed by atoms with Crippen LogP contribution in [-0.2, 0) is 9.53 Å². The van der Waals surface area contributed by atoms with E-state index in [2.05, 4.69) is 10.8 Å². The highest BCUT2D eigenvalue weighted by Gasteiger charge is 2.10. The van der Waals surface area contributed by atoms with Crippen LogP contribution in [0.3, 0.4) is 0 Å². The van der Waals surface area contributed by atoms with Crippen LogP contribution in [0.4, 0.5) is 0 Å². The molecule has 1 fully saturated rings. The van der Waals surface area contributed by atoms with Gasteiger partial charge < -0.3 is 4.74 Å². The summed E-state index contributed by atoms with van der Waals surface area (Å²) in [5.41, 5.74) is 0. The first-order chi connectivity index (χ1) is 6.33. The minimum Gasteiger partial charge on any atom is -0.466 e. The van der Waals surface area contributed by atoms with Crippen LogP contribution in [-0.4, -0.2) is 13.1 Å². The van der Waals surface area contributed by atoms with E-state index >= 15 is 0 Å². The minimum absolute atomic E-state index is 0.295. The van der Waals surface area contributed by atoms with Gasteiger partial charge >= 0.3 is 5.97 Å². The predicted octanol–water partition coefficient (Wildman–Crippen LogP) is 2.46. The fraction of sp³-hybridized carbons (Fsp3) is 0.545. The first kappa shape index (κ1) is 10.0. The molecular weight excluding hydrogens is 164 g/mol. The van der Waals surface area contributed by atoms with Crippen LogP contribution in [0.25, 0.3) is 0 Å². The Morgan fingerprint density at radius 2 is 2.00 bits per heavy atom. The number of carbonyl (C=O) groups excluding carboxylic acids is 1. The zero-order chi connectivity index (χ0) is 9.52. The topological polar surface area (TPSA) is 26.3 Å². The summed E-state index contributed by atoms with van der Waals surface area (Å²) >= 11 is 0. The molecule has 1 aliphatic rings. The van der Waals surface area contributed by atoms with Gasteiger partial charge in [0.05, 0.1) is 7.11 Å². The summed E-state index contributed by atoms with van der Waals surface area (Å²) in [6.45, 7) is 0. The highest BCUT2D eigenvalue weighted by molar-refractivity contribution is 5.82. The SMILES string of the molecule is COC(=O)/C=C\C=C\C1CCCC1. The molecule has 1 rings (SSSR count). The maximum atomic E-state index is 10.7. The summed E-state index contributed by atoms with van der Waals surface area (Å²) in [7, 11) is 1.38. The van der Waals surface area contributed by atoms with Crippen molar-refractivity contribution in [2.75, 3.05) is 7.11 Å². The van der Waals surface area contributed by atoms with Gasteiger partial charge in [0.25, 0.3) is 0 Å². The molecule has 0 unspecified atom stereocenters. The van der Waals surface area contributed by atoms with Crippen LogP contribution in [0.2, 0.25) is 0 Å². The smallest absolute Gasteiger partial charge is 0.330 e. The lowest BCUT2D eigenvalue weighted by Crippen LogP contribution is -1.92. The molecule has 0 saturated heterocycles. The fourth-order valence-electron chi connectivity index (χ4n) is 1.57. The molecular formula is C11H16O2. The second kappa shape index (κ2) is 5.57. The van der Waals surface area contributed by atoms with Crippen molar-refractivity contribution in [1.29, 1.82) is 0 Å². The molecule has 0 aromatic heterocycles. The van der Waals surface area contributed by atoms with E-state index in [1.165, 1.54) is 38.9 Å². The summed E-state index contributed by atoms with van der Waals surface area (Å²) in [5, 5.41) is 0. The number of methoxy groups -OCH3 is 1. The Bertz CT molecular complexity index is 210. The number of esters is 1. The standard InChI is InChI=1S/C11H16O2/c1-13-11(12)9-5-4-8-10-6-2-3-7-10/h4-5,8-10H,2-3,6-7H2,1H3/b8-4+,9-5-. The molecule has 2 nitrogen and oxygen atoms in total. The van der Waals surface area contributed by atoms with E-state index in [0.717, 1.165) is 5.92 Å². The largest absolute Gasteiger partial charge is 0.466 e. The third-order valence-electron chi connectivity index (χ3n) is 2.33. The quantitative estimate of drug-likeness (QED) is 0.379. The fourth-order valence-corrected chi connectivity index (χ4v) is 1.57. The van der Waals surface area contributed by atoms with Gasteiger partial charge in [-0.15, -0.1) is 0 Å². The molecule has 1 aliphatic carbocycles. The van der Waals surface area contributed by atoms with Crippen molar-refractivity contribution in [2.24, 2.45) is 5.92 Å². The summed E-state index contributed by atoms with van der Waals surface area (Å²) in [4.78, 5) is 10.7. The average Bonchev–Trinajstić information content (AvgIpc) is 2.64. The molecule has 13 heavy (non-hydrogen) atoms. The molecule has 0 spiro atoms. The van der Waals surface area contributed by atoms with Crippen molar-refractivity contribution in [3.63, 3.8) is 0 Å². The van der Waals surface area contributed by atoms with Crippen LogP contribution in [0.1, 0.15) is 25.7 Å².